The summed E-state index contributed by atoms with van der Waals surface area (Å²) in [4.78, 5) is 26.7. The zero-order chi connectivity index (χ0) is 20.0. The van der Waals surface area contributed by atoms with Crippen LogP contribution in [0.2, 0.25) is 0 Å². The van der Waals surface area contributed by atoms with Crippen molar-refractivity contribution >= 4 is 35.0 Å². The second kappa shape index (κ2) is 7.20. The first-order valence-corrected chi connectivity index (χ1v) is 10.8. The number of carbonyl (C=O) groups excluding carboxylic acids is 1. The SMILES string of the molecule is CSc1ncc2c(n1)N1CCC[C@H]1CN(c1cccc(C3=NNNN3C)c1)C2=O. The van der Waals surface area contributed by atoms with Crippen LogP contribution in [0.15, 0.2) is 40.7 Å². The molecule has 2 N–H and O–H groups in total. The van der Waals surface area contributed by atoms with E-state index in [2.05, 4.69) is 26.1 Å². The molecule has 3 aliphatic rings. The van der Waals surface area contributed by atoms with E-state index in [1.807, 2.05) is 42.5 Å². The van der Waals surface area contributed by atoms with Gasteiger partial charge < -0.3 is 9.80 Å². The van der Waals surface area contributed by atoms with E-state index in [0.717, 1.165) is 42.3 Å². The van der Waals surface area contributed by atoms with Gasteiger partial charge >= 0.3 is 0 Å². The van der Waals surface area contributed by atoms with Gasteiger partial charge in [-0.2, -0.15) is 0 Å². The standard InChI is InChI=1S/C19H22N8OS/c1-25-16(22-23-24-25)12-5-3-6-13(9-12)27-11-14-7-4-8-26(14)17-15(18(27)28)10-20-19(21-17)29-2/h3,5-6,9-10,14,23-24H,4,7-8,11H2,1-2H3/t14-/m0/s1. The van der Waals surface area contributed by atoms with Crippen LogP contribution in [0.4, 0.5) is 11.5 Å². The molecule has 1 aromatic heterocycles. The van der Waals surface area contributed by atoms with Crippen molar-refractivity contribution in [2.75, 3.05) is 36.2 Å². The number of hydrazine groups is 2. The minimum Gasteiger partial charge on any atom is -0.351 e. The van der Waals surface area contributed by atoms with Gasteiger partial charge in [0.15, 0.2) is 11.0 Å². The third-order valence-corrected chi connectivity index (χ3v) is 6.12. The summed E-state index contributed by atoms with van der Waals surface area (Å²) in [5, 5.41) is 6.76. The number of rotatable bonds is 3. The number of amidine groups is 1. The number of hydrazone groups is 1. The molecular formula is C19H22N8OS. The van der Waals surface area contributed by atoms with E-state index in [4.69, 9.17) is 4.98 Å². The largest absolute Gasteiger partial charge is 0.351 e. The minimum atomic E-state index is -0.0582. The zero-order valence-corrected chi connectivity index (χ0v) is 17.1. The lowest BCUT2D eigenvalue weighted by molar-refractivity contribution is 0.0988. The van der Waals surface area contributed by atoms with Gasteiger partial charge in [0.25, 0.3) is 5.91 Å². The summed E-state index contributed by atoms with van der Waals surface area (Å²) in [6.07, 6.45) is 5.78. The molecule has 1 saturated heterocycles. The highest BCUT2D eigenvalue weighted by atomic mass is 32.2. The monoisotopic (exact) mass is 410 g/mol. The summed E-state index contributed by atoms with van der Waals surface area (Å²) in [5.74, 6) is 1.48. The van der Waals surface area contributed by atoms with Crippen molar-refractivity contribution in [3.8, 4) is 0 Å². The van der Waals surface area contributed by atoms with Crippen LogP contribution in [0.25, 0.3) is 0 Å². The quantitative estimate of drug-likeness (QED) is 0.581. The smallest absolute Gasteiger partial charge is 0.263 e. The highest BCUT2D eigenvalue weighted by Crippen LogP contribution is 2.34. The number of amides is 1. The second-order valence-electron chi connectivity index (χ2n) is 7.27. The number of benzene rings is 1. The van der Waals surface area contributed by atoms with Gasteiger partial charge in [-0.3, -0.25) is 9.80 Å². The lowest BCUT2D eigenvalue weighted by Crippen LogP contribution is -2.40. The van der Waals surface area contributed by atoms with Crippen LogP contribution in [0, 0.1) is 0 Å². The van der Waals surface area contributed by atoms with Gasteiger partial charge in [-0.15, -0.1) is 10.6 Å². The molecule has 5 rings (SSSR count). The molecule has 1 aromatic carbocycles. The summed E-state index contributed by atoms with van der Waals surface area (Å²) >= 11 is 1.49. The number of thioether (sulfide) groups is 1. The Labute approximate surface area is 173 Å². The first-order valence-electron chi connectivity index (χ1n) is 9.58. The van der Waals surface area contributed by atoms with Crippen molar-refractivity contribution in [3.63, 3.8) is 0 Å². The Morgan fingerprint density at radius 1 is 1.31 bits per heavy atom. The van der Waals surface area contributed by atoms with Gasteiger partial charge in [0.2, 0.25) is 0 Å². The van der Waals surface area contributed by atoms with Gasteiger partial charge in [-0.1, -0.05) is 23.9 Å². The normalized spacial score (nSPS) is 20.9. The summed E-state index contributed by atoms with van der Waals surface area (Å²) in [6, 6.07) is 8.17. The van der Waals surface area contributed by atoms with Crippen molar-refractivity contribution in [2.24, 2.45) is 5.10 Å². The van der Waals surface area contributed by atoms with E-state index in [0.29, 0.717) is 17.3 Å². The molecule has 1 atom stereocenters. The zero-order valence-electron chi connectivity index (χ0n) is 16.3. The molecule has 4 heterocycles. The summed E-state index contributed by atoms with van der Waals surface area (Å²) < 4.78 is 0. The maximum atomic E-state index is 13.5. The lowest BCUT2D eigenvalue weighted by atomic mass is 10.1. The summed E-state index contributed by atoms with van der Waals surface area (Å²) in [5.41, 5.74) is 8.01. The van der Waals surface area contributed by atoms with Crippen LogP contribution in [-0.4, -0.2) is 59.2 Å². The molecule has 150 valence electrons. The van der Waals surface area contributed by atoms with E-state index < -0.39 is 0 Å². The Kier molecular flexibility index (Phi) is 4.51. The third kappa shape index (κ3) is 3.08. The molecule has 2 aromatic rings. The third-order valence-electron chi connectivity index (χ3n) is 5.56. The Morgan fingerprint density at radius 3 is 3.00 bits per heavy atom. The van der Waals surface area contributed by atoms with Crippen LogP contribution in [0.3, 0.4) is 0 Å². The van der Waals surface area contributed by atoms with Crippen LogP contribution >= 0.6 is 11.8 Å². The van der Waals surface area contributed by atoms with Crippen molar-refractivity contribution in [2.45, 2.75) is 24.0 Å². The van der Waals surface area contributed by atoms with Crippen molar-refractivity contribution < 1.29 is 4.79 Å². The molecule has 0 unspecified atom stereocenters. The van der Waals surface area contributed by atoms with E-state index in [-0.39, 0.29) is 11.9 Å². The predicted octanol–water partition coefficient (Wildman–Crippen LogP) is 1.44. The van der Waals surface area contributed by atoms with Crippen molar-refractivity contribution in [3.05, 3.63) is 41.6 Å². The topological polar surface area (TPSA) is 89.0 Å². The minimum absolute atomic E-state index is 0.0582. The van der Waals surface area contributed by atoms with Gasteiger partial charge in [0.1, 0.15) is 11.4 Å². The Hall–Kier alpha value is -2.85. The molecule has 0 aliphatic carbocycles. The lowest BCUT2D eigenvalue weighted by Gasteiger charge is -2.27. The fraction of sp³-hybridized carbons (Fsp3) is 0.368. The number of hydrogen-bond acceptors (Lipinski definition) is 9. The van der Waals surface area contributed by atoms with Crippen LogP contribution in [0.1, 0.15) is 28.8 Å². The number of nitrogens with zero attached hydrogens (tertiary/aromatic N) is 6. The van der Waals surface area contributed by atoms with E-state index >= 15 is 0 Å². The van der Waals surface area contributed by atoms with Crippen LogP contribution < -0.4 is 20.9 Å². The number of fused-ring (bicyclic) bond motifs is 3. The Balaban J connectivity index is 1.56. The fourth-order valence-corrected chi connectivity index (χ4v) is 4.48. The van der Waals surface area contributed by atoms with Gasteiger partial charge in [-0.25, -0.2) is 15.5 Å². The summed E-state index contributed by atoms with van der Waals surface area (Å²) in [7, 11) is 1.88. The molecule has 0 spiro atoms. The maximum Gasteiger partial charge on any atom is 0.263 e. The molecule has 0 saturated carbocycles. The highest BCUT2D eigenvalue weighted by molar-refractivity contribution is 7.98. The molecule has 3 aliphatic heterocycles. The number of aromatic nitrogens is 2. The van der Waals surface area contributed by atoms with E-state index in [9.17, 15) is 4.79 Å². The molecular weight excluding hydrogens is 388 g/mol. The van der Waals surface area contributed by atoms with Gasteiger partial charge in [0, 0.05) is 43.6 Å². The van der Waals surface area contributed by atoms with E-state index in [1.165, 1.54) is 11.8 Å². The maximum absolute atomic E-state index is 13.5. The van der Waals surface area contributed by atoms with Crippen molar-refractivity contribution in [1.29, 1.82) is 0 Å². The number of carbonyl (C=O) groups is 1. The summed E-state index contributed by atoms with van der Waals surface area (Å²) in [6.45, 7) is 1.55. The first kappa shape index (κ1) is 18.2. The number of nitrogens with one attached hydrogen (secondary N) is 2. The number of hydrogen-bond donors (Lipinski definition) is 2. The Bertz CT molecular complexity index is 996. The first-order chi connectivity index (χ1) is 14.2. The Morgan fingerprint density at radius 2 is 2.21 bits per heavy atom. The van der Waals surface area contributed by atoms with E-state index in [1.54, 1.807) is 11.2 Å². The van der Waals surface area contributed by atoms with Crippen molar-refractivity contribution in [1.82, 2.24) is 26.0 Å². The molecule has 0 bridgehead atoms. The van der Waals surface area contributed by atoms with Gasteiger partial charge in [-0.05, 0) is 31.2 Å². The average Bonchev–Trinajstić information content (AvgIpc) is 3.37. The van der Waals surface area contributed by atoms with Crippen LogP contribution in [-0.2, 0) is 0 Å². The molecule has 0 radical (unpaired) electrons. The molecule has 1 fully saturated rings. The highest BCUT2D eigenvalue weighted by Gasteiger charge is 2.37. The molecule has 9 nitrogen and oxygen atoms in total. The molecule has 29 heavy (non-hydrogen) atoms. The average molecular weight is 411 g/mol. The predicted molar refractivity (Wildman–Crippen MR) is 113 cm³/mol. The molecule has 1 amide bonds. The second-order valence-corrected chi connectivity index (χ2v) is 8.04. The van der Waals surface area contributed by atoms with Gasteiger partial charge in [0.05, 0.1) is 0 Å². The number of anilines is 2. The fourth-order valence-electron chi connectivity index (χ4n) is 4.14. The van der Waals surface area contributed by atoms with Crippen LogP contribution in [0.5, 0.6) is 0 Å². The molecule has 10 heteroatoms.